The van der Waals surface area contributed by atoms with Crippen LogP contribution in [0.15, 0.2) is 24.3 Å². The van der Waals surface area contributed by atoms with E-state index >= 15 is 0 Å². The van der Waals surface area contributed by atoms with Gasteiger partial charge in [-0.3, -0.25) is 4.79 Å². The maximum absolute atomic E-state index is 11.3. The van der Waals surface area contributed by atoms with Crippen molar-refractivity contribution in [2.45, 2.75) is 0 Å². The molecule has 0 saturated carbocycles. The number of rotatable bonds is 5. The van der Waals surface area contributed by atoms with Gasteiger partial charge in [0.1, 0.15) is 0 Å². The van der Waals surface area contributed by atoms with E-state index in [1.807, 2.05) is 0 Å². The fourth-order valence-corrected chi connectivity index (χ4v) is 1.61. The summed E-state index contributed by atoms with van der Waals surface area (Å²) < 4.78 is 0. The number of halogens is 1. The first-order valence-electron chi connectivity index (χ1n) is 4.41. The third-order valence-corrected chi connectivity index (χ3v) is 2.74. The Labute approximate surface area is 151 Å². The fraction of sp³-hybridized carbons (Fsp3) is 0.200. The Morgan fingerprint density at radius 1 is 1.24 bits per heavy atom. The van der Waals surface area contributed by atoms with Gasteiger partial charge < -0.3 is 15.2 Å². The molecule has 0 saturated heterocycles. The van der Waals surface area contributed by atoms with Gasteiger partial charge in [0.2, 0.25) is 5.91 Å². The van der Waals surface area contributed by atoms with Crippen molar-refractivity contribution in [2.75, 3.05) is 16.8 Å². The SMILES string of the molecule is O=C([O-])CSCC(=O)Nc1ccc(Cl)cc1.[K+]. The Balaban J connectivity index is 0.00000256. The van der Waals surface area contributed by atoms with E-state index in [0.29, 0.717) is 10.7 Å². The number of nitrogens with one attached hydrogen (secondary N) is 1. The minimum atomic E-state index is -1.18. The molecule has 1 aromatic rings. The van der Waals surface area contributed by atoms with E-state index in [-0.39, 0.29) is 68.8 Å². The van der Waals surface area contributed by atoms with Gasteiger partial charge in [-0.2, -0.15) is 0 Å². The summed E-state index contributed by atoms with van der Waals surface area (Å²) in [4.78, 5) is 21.4. The fourth-order valence-electron chi connectivity index (χ4n) is 0.957. The van der Waals surface area contributed by atoms with Crippen molar-refractivity contribution in [1.29, 1.82) is 0 Å². The summed E-state index contributed by atoms with van der Waals surface area (Å²) in [5, 5.41) is 13.3. The van der Waals surface area contributed by atoms with Gasteiger partial charge in [-0.1, -0.05) is 11.6 Å². The number of carbonyl (C=O) groups is 2. The van der Waals surface area contributed by atoms with Gasteiger partial charge in [0.15, 0.2) is 0 Å². The second-order valence-electron chi connectivity index (χ2n) is 2.92. The molecule has 0 aliphatic carbocycles. The van der Waals surface area contributed by atoms with Gasteiger partial charge in [0.05, 0.1) is 11.7 Å². The van der Waals surface area contributed by atoms with Gasteiger partial charge in [-0.15, -0.1) is 11.8 Å². The zero-order valence-corrected chi connectivity index (χ0v) is 13.9. The predicted molar refractivity (Wildman–Crippen MR) is 62.4 cm³/mol. The van der Waals surface area contributed by atoms with Gasteiger partial charge >= 0.3 is 51.4 Å². The zero-order valence-electron chi connectivity index (χ0n) is 9.23. The summed E-state index contributed by atoms with van der Waals surface area (Å²) in [6, 6.07) is 6.66. The molecule has 0 radical (unpaired) electrons. The van der Waals surface area contributed by atoms with Crippen LogP contribution in [-0.2, 0) is 9.59 Å². The Kier molecular flexibility index (Phi) is 9.62. The van der Waals surface area contributed by atoms with Crippen molar-refractivity contribution >= 4 is 40.9 Å². The smallest absolute Gasteiger partial charge is 0.549 e. The van der Waals surface area contributed by atoms with Crippen molar-refractivity contribution in [2.24, 2.45) is 0 Å². The molecule has 7 heteroatoms. The molecule has 1 amide bonds. The number of amides is 1. The van der Waals surface area contributed by atoms with E-state index in [0.717, 1.165) is 11.8 Å². The van der Waals surface area contributed by atoms with Crippen LogP contribution in [-0.4, -0.2) is 23.4 Å². The van der Waals surface area contributed by atoms with Crippen LogP contribution in [0.1, 0.15) is 0 Å². The molecule has 86 valence electrons. The summed E-state index contributed by atoms with van der Waals surface area (Å²) >= 11 is 6.67. The molecule has 1 aromatic carbocycles. The Hall–Kier alpha value is 0.436. The summed E-state index contributed by atoms with van der Waals surface area (Å²) in [5.41, 5.74) is 0.628. The first-order chi connectivity index (χ1) is 7.58. The van der Waals surface area contributed by atoms with E-state index in [2.05, 4.69) is 5.32 Å². The summed E-state index contributed by atoms with van der Waals surface area (Å²) in [5.74, 6) is -1.54. The molecule has 0 atom stereocenters. The van der Waals surface area contributed by atoms with Crippen molar-refractivity contribution in [1.82, 2.24) is 0 Å². The van der Waals surface area contributed by atoms with Gasteiger partial charge in [0.25, 0.3) is 0 Å². The number of carbonyl (C=O) groups excluding carboxylic acids is 2. The monoisotopic (exact) mass is 297 g/mol. The van der Waals surface area contributed by atoms with Crippen molar-refractivity contribution in [3.05, 3.63) is 29.3 Å². The van der Waals surface area contributed by atoms with E-state index < -0.39 is 5.97 Å². The van der Waals surface area contributed by atoms with Crippen LogP contribution in [0, 0.1) is 0 Å². The first kappa shape index (κ1) is 17.4. The standard InChI is InChI=1S/C10H10ClNO3S.K/c11-7-1-3-8(4-2-7)12-9(13)5-16-6-10(14)15;/h1-4H,5-6H2,(H,12,13)(H,14,15);/q;+1/p-1. The molecular weight excluding hydrogens is 289 g/mol. The van der Waals surface area contributed by atoms with Crippen molar-refractivity contribution < 1.29 is 66.1 Å². The molecule has 1 N–H and O–H groups in total. The number of hydrogen-bond donors (Lipinski definition) is 1. The zero-order chi connectivity index (χ0) is 12.0. The molecule has 4 nitrogen and oxygen atoms in total. The second-order valence-corrected chi connectivity index (χ2v) is 4.34. The maximum Gasteiger partial charge on any atom is 1.00 e. The average Bonchev–Trinajstić information content (AvgIpc) is 2.21. The van der Waals surface area contributed by atoms with Crippen molar-refractivity contribution in [3.63, 3.8) is 0 Å². The first-order valence-corrected chi connectivity index (χ1v) is 5.94. The van der Waals surface area contributed by atoms with Crippen LogP contribution < -0.4 is 61.8 Å². The number of benzene rings is 1. The van der Waals surface area contributed by atoms with Crippen LogP contribution in [0.25, 0.3) is 0 Å². The quantitative estimate of drug-likeness (QED) is 0.625. The summed E-state index contributed by atoms with van der Waals surface area (Å²) in [6.07, 6.45) is 0. The molecule has 17 heavy (non-hydrogen) atoms. The van der Waals surface area contributed by atoms with Gasteiger partial charge in [-0.25, -0.2) is 0 Å². The third kappa shape index (κ3) is 8.20. The van der Waals surface area contributed by atoms with Crippen LogP contribution in [0.3, 0.4) is 0 Å². The van der Waals surface area contributed by atoms with Crippen LogP contribution in [0.5, 0.6) is 0 Å². The molecule has 0 bridgehead atoms. The topological polar surface area (TPSA) is 69.2 Å². The molecule has 1 rings (SSSR count). The number of aliphatic carboxylic acids is 1. The second kappa shape index (κ2) is 9.38. The molecule has 0 aromatic heterocycles. The van der Waals surface area contributed by atoms with E-state index in [9.17, 15) is 14.7 Å². The normalized spacial score (nSPS) is 9.24. The van der Waals surface area contributed by atoms with Crippen LogP contribution in [0.2, 0.25) is 5.02 Å². The van der Waals surface area contributed by atoms with E-state index in [1.165, 1.54) is 0 Å². The molecular formula is C10H9ClKNO3S. The molecule has 0 fully saturated rings. The Morgan fingerprint density at radius 2 is 1.82 bits per heavy atom. The maximum atomic E-state index is 11.3. The molecule has 0 heterocycles. The average molecular weight is 298 g/mol. The van der Waals surface area contributed by atoms with Gasteiger partial charge in [0, 0.05) is 16.5 Å². The largest absolute Gasteiger partial charge is 1.00 e. The predicted octanol–water partition coefficient (Wildman–Crippen LogP) is -2.23. The number of thioether (sulfide) groups is 1. The number of carboxylic acids is 1. The van der Waals surface area contributed by atoms with Crippen LogP contribution >= 0.6 is 23.4 Å². The molecule has 0 aliphatic rings. The van der Waals surface area contributed by atoms with Crippen molar-refractivity contribution in [3.8, 4) is 0 Å². The molecule has 0 aliphatic heterocycles. The minimum absolute atomic E-state index is 0. The van der Waals surface area contributed by atoms with E-state index in [4.69, 9.17) is 11.6 Å². The third-order valence-electron chi connectivity index (χ3n) is 1.58. The van der Waals surface area contributed by atoms with Crippen LogP contribution in [0.4, 0.5) is 5.69 Å². The molecule has 0 unspecified atom stereocenters. The summed E-state index contributed by atoms with van der Waals surface area (Å²) in [6.45, 7) is 0. The number of anilines is 1. The minimum Gasteiger partial charge on any atom is -0.549 e. The summed E-state index contributed by atoms with van der Waals surface area (Å²) in [7, 11) is 0. The molecule has 0 spiro atoms. The van der Waals surface area contributed by atoms with E-state index in [1.54, 1.807) is 24.3 Å². The van der Waals surface area contributed by atoms with Gasteiger partial charge in [-0.05, 0) is 24.3 Å². The number of carboxylic acid groups (broad SMARTS) is 1. The Bertz CT molecular complexity index is 386. The Morgan fingerprint density at radius 3 is 2.35 bits per heavy atom. The number of hydrogen-bond acceptors (Lipinski definition) is 4.